The molecule has 0 radical (unpaired) electrons. The Bertz CT molecular complexity index is 1660. The summed E-state index contributed by atoms with van der Waals surface area (Å²) >= 11 is 3.67. The lowest BCUT2D eigenvalue weighted by molar-refractivity contribution is -0.130. The van der Waals surface area contributed by atoms with Crippen molar-refractivity contribution < 1.29 is 33.6 Å². The molecular weight excluding hydrogens is 666 g/mol. The molecule has 0 fully saturated rings. The number of carbonyl (C=O) groups excluding carboxylic acids is 1. The predicted molar refractivity (Wildman–Crippen MR) is 182 cm³/mol. The number of ether oxygens (including phenoxy) is 5. The highest BCUT2D eigenvalue weighted by Gasteiger charge is 2.53. The van der Waals surface area contributed by atoms with Gasteiger partial charge in [0.1, 0.15) is 5.75 Å². The molecule has 10 nitrogen and oxygen atoms in total. The Morgan fingerprint density at radius 1 is 0.936 bits per heavy atom. The topological polar surface area (TPSA) is 120 Å². The molecule has 4 aromatic carbocycles. The van der Waals surface area contributed by atoms with Crippen molar-refractivity contribution in [3.05, 3.63) is 118 Å². The van der Waals surface area contributed by atoms with E-state index in [9.17, 15) is 4.79 Å². The van der Waals surface area contributed by atoms with Crippen molar-refractivity contribution in [2.45, 2.75) is 31.0 Å². The standard InChI is InChI=1S/C36H38BrN3O7/c1-43-30-20-24(21-31(44-2)32(30)45-3)23-38-40-35(42)36(22-27-12-7-8-13-29(27)37)33(25-10-5-4-6-11-25)47-34(39-36)26-14-16-28(17-15-26)46-19-9-18-41/h4-8,10-17,20-21,33,38,41H,9,18-19,22-23H2,1-3H3,(H,40,42)/t33-,36-/m0/s1. The van der Waals surface area contributed by atoms with E-state index in [4.69, 9.17) is 33.8 Å². The number of hydrogen-bond donors (Lipinski definition) is 3. The fraction of sp³-hybridized carbons (Fsp3) is 0.278. The van der Waals surface area contributed by atoms with Gasteiger partial charge in [0.05, 0.1) is 27.9 Å². The van der Waals surface area contributed by atoms with E-state index in [0.717, 1.165) is 21.2 Å². The van der Waals surface area contributed by atoms with Gasteiger partial charge in [0, 0.05) is 36.0 Å². The third kappa shape index (κ3) is 7.70. The number of aliphatic imine (C=N–C) groups is 1. The van der Waals surface area contributed by atoms with E-state index in [1.807, 2.05) is 91.0 Å². The van der Waals surface area contributed by atoms with Gasteiger partial charge in [-0.3, -0.25) is 10.2 Å². The molecule has 246 valence electrons. The lowest BCUT2D eigenvalue weighted by Gasteiger charge is -2.31. The summed E-state index contributed by atoms with van der Waals surface area (Å²) in [7, 11) is 4.66. The SMILES string of the molecule is COc1cc(CNNC(=O)[C@@]2(Cc3ccccc3Br)N=C(c3ccc(OCCCO)cc3)O[C@H]2c2ccccc2)cc(OC)c1OC. The van der Waals surface area contributed by atoms with Crippen LogP contribution >= 0.6 is 15.9 Å². The van der Waals surface area contributed by atoms with E-state index >= 15 is 0 Å². The maximum Gasteiger partial charge on any atom is 0.266 e. The quantitative estimate of drug-likeness (QED) is 0.109. The van der Waals surface area contributed by atoms with E-state index in [1.165, 1.54) is 0 Å². The molecule has 0 aromatic heterocycles. The number of hydrazine groups is 1. The molecule has 3 N–H and O–H groups in total. The van der Waals surface area contributed by atoms with E-state index in [0.29, 0.717) is 47.5 Å². The molecule has 4 aromatic rings. The Morgan fingerprint density at radius 3 is 2.26 bits per heavy atom. The predicted octanol–water partition coefficient (Wildman–Crippen LogP) is 5.56. The summed E-state index contributed by atoms with van der Waals surface area (Å²) in [5.41, 5.74) is 7.82. The summed E-state index contributed by atoms with van der Waals surface area (Å²) < 4.78 is 29.6. The molecule has 11 heteroatoms. The van der Waals surface area contributed by atoms with Crippen LogP contribution in [-0.4, -0.2) is 57.0 Å². The van der Waals surface area contributed by atoms with Crippen molar-refractivity contribution >= 4 is 27.7 Å². The summed E-state index contributed by atoms with van der Waals surface area (Å²) in [4.78, 5) is 19.6. The van der Waals surface area contributed by atoms with Crippen molar-refractivity contribution in [1.82, 2.24) is 10.9 Å². The third-order valence-corrected chi connectivity index (χ3v) is 8.54. The molecule has 0 bridgehead atoms. The highest BCUT2D eigenvalue weighted by Crippen LogP contribution is 2.43. The van der Waals surface area contributed by atoms with E-state index in [2.05, 4.69) is 26.8 Å². The van der Waals surface area contributed by atoms with Gasteiger partial charge in [-0.15, -0.1) is 0 Å². The van der Waals surface area contributed by atoms with Gasteiger partial charge in [0.2, 0.25) is 11.6 Å². The highest BCUT2D eigenvalue weighted by atomic mass is 79.9. The van der Waals surface area contributed by atoms with Crippen molar-refractivity contribution in [3.63, 3.8) is 0 Å². The molecule has 0 spiro atoms. The summed E-state index contributed by atoms with van der Waals surface area (Å²) in [6, 6.07) is 28.4. The van der Waals surface area contributed by atoms with Crippen LogP contribution in [0.4, 0.5) is 0 Å². The largest absolute Gasteiger partial charge is 0.494 e. The number of nitrogens with zero attached hydrogens (tertiary/aromatic N) is 1. The first-order chi connectivity index (χ1) is 22.9. The Balaban J connectivity index is 1.49. The summed E-state index contributed by atoms with van der Waals surface area (Å²) in [5, 5.41) is 9.07. The average Bonchev–Trinajstić information content (AvgIpc) is 3.50. The maximum absolute atomic E-state index is 14.5. The molecule has 1 aliphatic heterocycles. The second-order valence-electron chi connectivity index (χ2n) is 10.8. The minimum atomic E-state index is -1.39. The molecule has 1 amide bonds. The molecule has 0 saturated carbocycles. The molecule has 0 aliphatic carbocycles. The third-order valence-electron chi connectivity index (χ3n) is 7.77. The van der Waals surface area contributed by atoms with Crippen LogP contribution in [0.3, 0.4) is 0 Å². The number of aliphatic hydroxyl groups excluding tert-OH is 1. The van der Waals surface area contributed by atoms with Crippen LogP contribution in [0.1, 0.15) is 34.8 Å². The number of amides is 1. The number of benzene rings is 4. The van der Waals surface area contributed by atoms with Gasteiger partial charge >= 0.3 is 0 Å². The number of carbonyl (C=O) groups is 1. The van der Waals surface area contributed by atoms with E-state index in [-0.39, 0.29) is 25.5 Å². The number of nitrogens with one attached hydrogen (secondary N) is 2. The van der Waals surface area contributed by atoms with Crippen LogP contribution in [0.25, 0.3) is 0 Å². The first kappa shape index (κ1) is 33.8. The molecular formula is C36H38BrN3O7. The van der Waals surface area contributed by atoms with Crippen LogP contribution in [0.15, 0.2) is 100 Å². The minimum absolute atomic E-state index is 0.0582. The zero-order chi connectivity index (χ0) is 33.2. The minimum Gasteiger partial charge on any atom is -0.494 e. The first-order valence-electron chi connectivity index (χ1n) is 15.1. The van der Waals surface area contributed by atoms with E-state index in [1.54, 1.807) is 21.3 Å². The number of halogens is 1. The number of hydrogen-bond acceptors (Lipinski definition) is 9. The molecule has 0 unspecified atom stereocenters. The number of methoxy groups -OCH3 is 3. The Kier molecular flexibility index (Phi) is 11.4. The van der Waals surface area contributed by atoms with Gasteiger partial charge in [-0.2, -0.15) is 0 Å². The van der Waals surface area contributed by atoms with Gasteiger partial charge in [-0.05, 0) is 59.2 Å². The Labute approximate surface area is 282 Å². The van der Waals surface area contributed by atoms with Crippen LogP contribution < -0.4 is 29.8 Å². The van der Waals surface area contributed by atoms with Gasteiger partial charge in [-0.1, -0.05) is 64.5 Å². The molecule has 1 heterocycles. The van der Waals surface area contributed by atoms with Crippen LogP contribution in [0.2, 0.25) is 0 Å². The fourth-order valence-electron chi connectivity index (χ4n) is 5.41. The summed E-state index contributed by atoms with van der Waals surface area (Å²) in [6.07, 6.45) is 0.0444. The second kappa shape index (κ2) is 15.8. The van der Waals surface area contributed by atoms with Crippen molar-refractivity contribution in [1.29, 1.82) is 0 Å². The normalized spacial score (nSPS) is 17.0. The van der Waals surface area contributed by atoms with Crippen LogP contribution in [0, 0.1) is 0 Å². The molecule has 5 rings (SSSR count). The zero-order valence-corrected chi connectivity index (χ0v) is 28.1. The molecule has 1 aliphatic rings. The Hall–Kier alpha value is -4.58. The average molecular weight is 705 g/mol. The van der Waals surface area contributed by atoms with Gasteiger partial charge < -0.3 is 28.8 Å². The lowest BCUT2D eigenvalue weighted by Crippen LogP contribution is -2.53. The lowest BCUT2D eigenvalue weighted by atomic mass is 9.82. The monoisotopic (exact) mass is 703 g/mol. The maximum atomic E-state index is 14.5. The van der Waals surface area contributed by atoms with Crippen molar-refractivity contribution in [2.24, 2.45) is 4.99 Å². The molecule has 47 heavy (non-hydrogen) atoms. The Morgan fingerprint density at radius 2 is 1.62 bits per heavy atom. The summed E-state index contributed by atoms with van der Waals surface area (Å²) in [6.45, 7) is 0.725. The van der Waals surface area contributed by atoms with Crippen molar-refractivity contribution in [3.8, 4) is 23.0 Å². The van der Waals surface area contributed by atoms with Crippen molar-refractivity contribution in [2.75, 3.05) is 34.5 Å². The fourth-order valence-corrected chi connectivity index (χ4v) is 5.84. The number of aliphatic hydroxyl groups is 1. The smallest absolute Gasteiger partial charge is 0.266 e. The van der Waals surface area contributed by atoms with Gasteiger partial charge in [0.25, 0.3) is 5.91 Å². The highest BCUT2D eigenvalue weighted by molar-refractivity contribution is 9.10. The molecule has 0 saturated heterocycles. The first-order valence-corrected chi connectivity index (χ1v) is 15.9. The zero-order valence-electron chi connectivity index (χ0n) is 26.5. The summed E-state index contributed by atoms with van der Waals surface area (Å²) in [5.74, 6) is 2.13. The van der Waals surface area contributed by atoms with Crippen LogP contribution in [-0.2, 0) is 22.5 Å². The van der Waals surface area contributed by atoms with Gasteiger partial charge in [0.15, 0.2) is 23.1 Å². The number of rotatable bonds is 15. The van der Waals surface area contributed by atoms with E-state index < -0.39 is 11.6 Å². The van der Waals surface area contributed by atoms with Crippen LogP contribution in [0.5, 0.6) is 23.0 Å². The van der Waals surface area contributed by atoms with Gasteiger partial charge in [-0.25, -0.2) is 10.4 Å². The molecule has 2 atom stereocenters. The second-order valence-corrected chi connectivity index (χ2v) is 11.7.